The normalized spacial score (nSPS) is 22.2. The summed E-state index contributed by atoms with van der Waals surface area (Å²) in [4.78, 5) is 9.09. The van der Waals surface area contributed by atoms with Crippen molar-refractivity contribution >= 4 is 7.12 Å². The molecule has 3 rings (SSSR count). The van der Waals surface area contributed by atoms with Crippen molar-refractivity contribution < 1.29 is 23.5 Å². The molecule has 0 aromatic carbocycles. The van der Waals surface area contributed by atoms with Crippen molar-refractivity contribution in [2.24, 2.45) is 0 Å². The molecule has 0 saturated carbocycles. The van der Waals surface area contributed by atoms with Crippen LogP contribution in [-0.2, 0) is 18.8 Å². The molecule has 8 heteroatoms. The van der Waals surface area contributed by atoms with E-state index in [4.69, 9.17) is 23.5 Å². The van der Waals surface area contributed by atoms with E-state index in [1.54, 1.807) is 12.4 Å². The van der Waals surface area contributed by atoms with E-state index in [1.807, 2.05) is 54.5 Å². The van der Waals surface area contributed by atoms with Crippen LogP contribution in [0.25, 0.3) is 0 Å². The Bertz CT molecular complexity index is 831. The SMILES string of the molecule is C=CC(CC(=C)B1OC(C)(C)C(C)(C)O1)c1ncc(OC(C)(C)CCC2(C)OCCO2)cn1. The summed E-state index contributed by atoms with van der Waals surface area (Å²) >= 11 is 0. The molecule has 2 saturated heterocycles. The molecule has 0 bridgehead atoms. The molecule has 0 spiro atoms. The van der Waals surface area contributed by atoms with Gasteiger partial charge in [0.05, 0.1) is 36.8 Å². The summed E-state index contributed by atoms with van der Waals surface area (Å²) in [5.41, 5.74) is -0.375. The Morgan fingerprint density at radius 2 is 1.67 bits per heavy atom. The van der Waals surface area contributed by atoms with Crippen LogP contribution in [0.1, 0.15) is 79.5 Å². The van der Waals surface area contributed by atoms with Crippen LogP contribution in [-0.4, -0.2) is 52.9 Å². The van der Waals surface area contributed by atoms with Gasteiger partial charge in [-0.25, -0.2) is 9.97 Å². The van der Waals surface area contributed by atoms with Gasteiger partial charge < -0.3 is 23.5 Å². The highest BCUT2D eigenvalue weighted by molar-refractivity contribution is 6.54. The number of allylic oxidation sites excluding steroid dienone is 2. The molecular formula is C25H39BN2O5. The van der Waals surface area contributed by atoms with Gasteiger partial charge in [0.1, 0.15) is 11.4 Å². The van der Waals surface area contributed by atoms with Gasteiger partial charge in [0.25, 0.3) is 0 Å². The Morgan fingerprint density at radius 3 is 2.18 bits per heavy atom. The van der Waals surface area contributed by atoms with E-state index in [1.165, 1.54) is 0 Å². The predicted molar refractivity (Wildman–Crippen MR) is 129 cm³/mol. The molecule has 0 aliphatic carbocycles. The Morgan fingerprint density at radius 1 is 1.12 bits per heavy atom. The molecule has 1 aromatic heterocycles. The molecule has 1 atom stereocenters. The maximum atomic E-state index is 6.16. The minimum atomic E-state index is -0.530. The summed E-state index contributed by atoms with van der Waals surface area (Å²) in [6.45, 7) is 23.6. The molecule has 1 unspecified atom stereocenters. The van der Waals surface area contributed by atoms with Gasteiger partial charge in [0, 0.05) is 12.3 Å². The number of nitrogens with zero attached hydrogens (tertiary/aromatic N) is 2. The lowest BCUT2D eigenvalue weighted by Gasteiger charge is -2.32. The van der Waals surface area contributed by atoms with Crippen molar-refractivity contribution in [1.29, 1.82) is 0 Å². The zero-order valence-corrected chi connectivity index (χ0v) is 21.3. The van der Waals surface area contributed by atoms with Crippen molar-refractivity contribution in [3.63, 3.8) is 0 Å². The lowest BCUT2D eigenvalue weighted by atomic mass is 9.74. The van der Waals surface area contributed by atoms with E-state index >= 15 is 0 Å². The van der Waals surface area contributed by atoms with Crippen LogP contribution in [0.2, 0.25) is 0 Å². The van der Waals surface area contributed by atoms with Crippen LogP contribution >= 0.6 is 0 Å². The van der Waals surface area contributed by atoms with E-state index in [2.05, 4.69) is 23.1 Å². The minimum absolute atomic E-state index is 0.102. The molecule has 0 amide bonds. The number of hydrogen-bond donors (Lipinski definition) is 0. The smallest absolute Gasteiger partial charge is 0.485 e. The van der Waals surface area contributed by atoms with E-state index in [0.29, 0.717) is 31.2 Å². The van der Waals surface area contributed by atoms with Gasteiger partial charge in [-0.3, -0.25) is 0 Å². The van der Waals surface area contributed by atoms with Crippen LogP contribution in [0.3, 0.4) is 0 Å². The second kappa shape index (κ2) is 9.49. The molecule has 0 radical (unpaired) electrons. The molecule has 182 valence electrons. The van der Waals surface area contributed by atoms with E-state index < -0.39 is 29.7 Å². The van der Waals surface area contributed by atoms with Gasteiger partial charge in [0.2, 0.25) is 0 Å². The quantitative estimate of drug-likeness (QED) is 0.360. The van der Waals surface area contributed by atoms with E-state index in [-0.39, 0.29) is 5.92 Å². The van der Waals surface area contributed by atoms with Gasteiger partial charge in [-0.1, -0.05) is 6.08 Å². The Kier molecular flexibility index (Phi) is 7.44. The largest absolute Gasteiger partial charge is 0.489 e. The monoisotopic (exact) mass is 458 g/mol. The molecule has 2 fully saturated rings. The van der Waals surface area contributed by atoms with E-state index in [0.717, 1.165) is 18.3 Å². The van der Waals surface area contributed by atoms with Crippen molar-refractivity contribution in [3.05, 3.63) is 42.9 Å². The highest BCUT2D eigenvalue weighted by Gasteiger charge is 2.52. The highest BCUT2D eigenvalue weighted by Crippen LogP contribution is 2.40. The minimum Gasteiger partial charge on any atom is -0.485 e. The van der Waals surface area contributed by atoms with Crippen molar-refractivity contribution in [1.82, 2.24) is 9.97 Å². The number of ether oxygens (including phenoxy) is 3. The van der Waals surface area contributed by atoms with Crippen LogP contribution in [0, 0.1) is 0 Å². The summed E-state index contributed by atoms with van der Waals surface area (Å²) in [6.07, 6.45) is 7.36. The first-order valence-corrected chi connectivity index (χ1v) is 11.7. The van der Waals surface area contributed by atoms with Gasteiger partial charge in [0.15, 0.2) is 11.5 Å². The first kappa shape index (κ1) is 25.9. The predicted octanol–water partition coefficient (Wildman–Crippen LogP) is 5.02. The van der Waals surface area contributed by atoms with Gasteiger partial charge in [-0.2, -0.15) is 0 Å². The third-order valence-electron chi connectivity index (χ3n) is 6.81. The molecule has 7 nitrogen and oxygen atoms in total. The molecule has 1 aromatic rings. The third kappa shape index (κ3) is 6.24. The summed E-state index contributed by atoms with van der Waals surface area (Å²) in [7, 11) is -0.462. The molecule has 33 heavy (non-hydrogen) atoms. The topological polar surface area (TPSA) is 71.9 Å². The second-order valence-electron chi connectivity index (χ2n) is 10.8. The molecule has 2 aliphatic rings. The lowest BCUT2D eigenvalue weighted by molar-refractivity contribution is -0.153. The van der Waals surface area contributed by atoms with Gasteiger partial charge in [-0.15, -0.1) is 13.2 Å². The Labute approximate surface area is 199 Å². The van der Waals surface area contributed by atoms with Crippen molar-refractivity contribution in [2.45, 2.75) is 96.2 Å². The average Bonchev–Trinajstić information content (AvgIpc) is 3.25. The second-order valence-corrected chi connectivity index (χ2v) is 10.8. The standard InChI is InChI=1S/C25H39BN2O5/c1-10-19(15-18(2)26-32-23(5,6)24(7,8)33-26)21-27-16-20(17-28-21)31-22(3,4)11-12-25(9)29-13-14-30-25/h10,16-17,19H,1-2,11-15H2,3-9H3. The van der Waals surface area contributed by atoms with Crippen LogP contribution in [0.4, 0.5) is 0 Å². The first-order valence-electron chi connectivity index (χ1n) is 11.7. The number of rotatable bonds is 10. The molecular weight excluding hydrogens is 419 g/mol. The Balaban J connectivity index is 1.57. The van der Waals surface area contributed by atoms with Crippen LogP contribution in [0.15, 0.2) is 37.1 Å². The first-order chi connectivity index (χ1) is 15.3. The molecule has 0 N–H and O–H groups in total. The fourth-order valence-electron chi connectivity index (χ4n) is 3.84. The van der Waals surface area contributed by atoms with Crippen LogP contribution in [0.5, 0.6) is 5.75 Å². The third-order valence-corrected chi connectivity index (χ3v) is 6.81. The summed E-state index contributed by atoms with van der Waals surface area (Å²) in [6, 6.07) is 0. The summed E-state index contributed by atoms with van der Waals surface area (Å²) in [5, 5.41) is 0. The summed E-state index contributed by atoms with van der Waals surface area (Å²) < 4.78 is 29.8. The zero-order chi connectivity index (χ0) is 24.5. The maximum Gasteiger partial charge on any atom is 0.489 e. The van der Waals surface area contributed by atoms with E-state index in [9.17, 15) is 0 Å². The van der Waals surface area contributed by atoms with Crippen molar-refractivity contribution in [2.75, 3.05) is 13.2 Å². The number of hydrogen-bond acceptors (Lipinski definition) is 7. The molecule has 2 aliphatic heterocycles. The zero-order valence-electron chi connectivity index (χ0n) is 21.3. The average molecular weight is 458 g/mol. The van der Waals surface area contributed by atoms with Gasteiger partial charge in [-0.05, 0) is 66.8 Å². The summed E-state index contributed by atoms with van der Waals surface area (Å²) in [5.74, 6) is 0.649. The number of aromatic nitrogens is 2. The van der Waals surface area contributed by atoms with Crippen molar-refractivity contribution in [3.8, 4) is 5.75 Å². The fraction of sp³-hybridized carbons (Fsp3) is 0.680. The fourth-order valence-corrected chi connectivity index (χ4v) is 3.84. The molecule has 3 heterocycles. The maximum absolute atomic E-state index is 6.16. The Hall–Kier alpha value is -1.74. The highest BCUT2D eigenvalue weighted by atomic mass is 16.7. The van der Waals surface area contributed by atoms with Gasteiger partial charge >= 0.3 is 7.12 Å². The van der Waals surface area contributed by atoms with Crippen LogP contribution < -0.4 is 4.74 Å². The lowest BCUT2D eigenvalue weighted by Crippen LogP contribution is -2.41.